The predicted octanol–water partition coefficient (Wildman–Crippen LogP) is 0.291. The van der Waals surface area contributed by atoms with E-state index in [0.717, 1.165) is 25.1 Å². The number of hydroxylamine groups is 1. The smallest absolute Gasteiger partial charge is 0.336 e. The fraction of sp³-hybridized carbons (Fsp3) is 0.0909. The van der Waals surface area contributed by atoms with Crippen LogP contribution in [0.5, 0.6) is 0 Å². The number of carbonyl (C=O) groups is 4. The second-order valence-corrected chi connectivity index (χ2v) is 3.40. The molecule has 1 aromatic carbocycles. The van der Waals surface area contributed by atoms with E-state index in [4.69, 9.17) is 10.2 Å². The number of nitrogens with one attached hydrogen (secondary N) is 1. The first-order valence-corrected chi connectivity index (χ1v) is 4.91. The molecule has 100 valence electrons. The van der Waals surface area contributed by atoms with Crippen LogP contribution in [-0.4, -0.2) is 34.0 Å². The van der Waals surface area contributed by atoms with Gasteiger partial charge in [-0.05, 0) is 18.2 Å². The molecule has 0 aromatic heterocycles. The number of hydrogen-bond acceptors (Lipinski definition) is 5. The van der Waals surface area contributed by atoms with Crippen LogP contribution in [0.15, 0.2) is 18.2 Å². The summed E-state index contributed by atoms with van der Waals surface area (Å²) in [6, 6.07) is 2.93. The lowest BCUT2D eigenvalue weighted by Crippen LogP contribution is -2.27. The molecule has 0 atom stereocenters. The minimum absolute atomic E-state index is 0.276. The monoisotopic (exact) mass is 267 g/mol. The van der Waals surface area contributed by atoms with Crippen LogP contribution in [-0.2, 0) is 9.63 Å². The van der Waals surface area contributed by atoms with Gasteiger partial charge in [-0.1, -0.05) is 0 Å². The van der Waals surface area contributed by atoms with Crippen molar-refractivity contribution in [3.05, 3.63) is 34.9 Å². The molecule has 0 saturated heterocycles. The Balaban J connectivity index is 3.13. The zero-order chi connectivity index (χ0) is 14.6. The van der Waals surface area contributed by atoms with Crippen LogP contribution >= 0.6 is 0 Å². The van der Waals surface area contributed by atoms with Gasteiger partial charge in [0.05, 0.1) is 16.7 Å². The maximum Gasteiger partial charge on any atom is 0.336 e. The zero-order valence-electron chi connectivity index (χ0n) is 9.67. The normalized spacial score (nSPS) is 9.53. The molecule has 1 rings (SSSR count). The maximum atomic E-state index is 11.6. The molecule has 0 saturated carbocycles. The number of aromatic carboxylic acids is 2. The van der Waals surface area contributed by atoms with Gasteiger partial charge in [-0.15, -0.1) is 0 Å². The molecule has 0 unspecified atom stereocenters. The van der Waals surface area contributed by atoms with Crippen LogP contribution in [0.2, 0.25) is 0 Å². The van der Waals surface area contributed by atoms with Gasteiger partial charge in [0, 0.05) is 6.92 Å². The van der Waals surface area contributed by atoms with Crippen molar-refractivity contribution in [1.29, 1.82) is 0 Å². The summed E-state index contributed by atoms with van der Waals surface area (Å²) in [5.74, 6) is -4.55. The van der Waals surface area contributed by atoms with Crippen molar-refractivity contribution in [2.24, 2.45) is 0 Å². The fourth-order valence-corrected chi connectivity index (χ4v) is 1.23. The van der Waals surface area contributed by atoms with Gasteiger partial charge in [-0.25, -0.2) is 9.59 Å². The first-order chi connectivity index (χ1) is 8.82. The highest BCUT2D eigenvalue weighted by Gasteiger charge is 2.19. The summed E-state index contributed by atoms with van der Waals surface area (Å²) < 4.78 is 0. The van der Waals surface area contributed by atoms with Crippen molar-refractivity contribution in [1.82, 2.24) is 5.48 Å². The Labute approximate surface area is 106 Å². The number of carboxylic acid groups (broad SMARTS) is 2. The summed E-state index contributed by atoms with van der Waals surface area (Å²) in [5, 5.41) is 17.7. The lowest BCUT2D eigenvalue weighted by Gasteiger charge is -2.07. The molecule has 0 aliphatic rings. The number of rotatable bonds is 3. The third-order valence-corrected chi connectivity index (χ3v) is 2.03. The SMILES string of the molecule is CC(=O)ONC(=O)c1ccc(C(=O)O)cc1C(=O)O. The molecule has 0 heterocycles. The third-order valence-electron chi connectivity index (χ3n) is 2.03. The minimum atomic E-state index is -1.48. The second-order valence-electron chi connectivity index (χ2n) is 3.40. The van der Waals surface area contributed by atoms with Gasteiger partial charge in [0.25, 0.3) is 5.91 Å². The van der Waals surface area contributed by atoms with E-state index in [9.17, 15) is 19.2 Å². The van der Waals surface area contributed by atoms with Crippen molar-refractivity contribution < 1.29 is 34.2 Å². The molecule has 3 N–H and O–H groups in total. The minimum Gasteiger partial charge on any atom is -0.478 e. The summed E-state index contributed by atoms with van der Waals surface area (Å²) in [6.45, 7) is 1.05. The van der Waals surface area contributed by atoms with Crippen LogP contribution in [0.3, 0.4) is 0 Å². The zero-order valence-corrected chi connectivity index (χ0v) is 9.67. The summed E-state index contributed by atoms with van der Waals surface area (Å²) >= 11 is 0. The summed E-state index contributed by atoms with van der Waals surface area (Å²) in [7, 11) is 0. The van der Waals surface area contributed by atoms with Crippen LogP contribution in [0.25, 0.3) is 0 Å². The topological polar surface area (TPSA) is 130 Å². The van der Waals surface area contributed by atoms with Gasteiger partial charge in [-0.3, -0.25) is 9.59 Å². The maximum absolute atomic E-state index is 11.6. The first kappa shape index (κ1) is 14.2. The van der Waals surface area contributed by atoms with Gasteiger partial charge in [0.15, 0.2) is 0 Å². The Bertz CT molecular complexity index is 564. The molecule has 19 heavy (non-hydrogen) atoms. The van der Waals surface area contributed by atoms with Gasteiger partial charge >= 0.3 is 17.9 Å². The molecule has 0 bridgehead atoms. The molecule has 0 aliphatic heterocycles. The molecule has 0 spiro atoms. The molecule has 0 fully saturated rings. The van der Waals surface area contributed by atoms with E-state index in [1.165, 1.54) is 0 Å². The Kier molecular flexibility index (Phi) is 4.19. The van der Waals surface area contributed by atoms with E-state index in [2.05, 4.69) is 4.84 Å². The van der Waals surface area contributed by atoms with Crippen molar-refractivity contribution in [3.63, 3.8) is 0 Å². The van der Waals surface area contributed by atoms with Crippen LogP contribution in [0, 0.1) is 0 Å². The van der Waals surface area contributed by atoms with Gasteiger partial charge in [-0.2, -0.15) is 5.48 Å². The fourth-order valence-electron chi connectivity index (χ4n) is 1.23. The third kappa shape index (κ3) is 3.53. The van der Waals surface area contributed by atoms with Crippen LogP contribution in [0.4, 0.5) is 0 Å². The molecule has 1 aromatic rings. The summed E-state index contributed by atoms with van der Waals surface area (Å²) in [5.41, 5.74) is 0.636. The molecule has 8 nitrogen and oxygen atoms in total. The van der Waals surface area contributed by atoms with E-state index in [0.29, 0.717) is 0 Å². The van der Waals surface area contributed by atoms with Crippen molar-refractivity contribution in [3.8, 4) is 0 Å². The molecule has 1 amide bonds. The molecular weight excluding hydrogens is 258 g/mol. The Morgan fingerprint density at radius 2 is 1.68 bits per heavy atom. The van der Waals surface area contributed by atoms with E-state index < -0.39 is 29.4 Å². The van der Waals surface area contributed by atoms with Crippen LogP contribution in [0.1, 0.15) is 38.0 Å². The average molecular weight is 267 g/mol. The van der Waals surface area contributed by atoms with E-state index in [-0.39, 0.29) is 11.1 Å². The standard InChI is InChI=1S/C11H9NO7/c1-5(13)19-12-9(14)7-3-2-6(10(15)16)4-8(7)11(17)18/h2-4H,1H3,(H,12,14)(H,15,16)(H,17,18). The highest BCUT2D eigenvalue weighted by Crippen LogP contribution is 2.13. The van der Waals surface area contributed by atoms with Gasteiger partial charge < -0.3 is 15.1 Å². The number of benzene rings is 1. The molecule has 0 aliphatic carbocycles. The summed E-state index contributed by atoms with van der Waals surface area (Å²) in [6.07, 6.45) is 0. The first-order valence-electron chi connectivity index (χ1n) is 4.91. The van der Waals surface area contributed by atoms with E-state index in [1.54, 1.807) is 5.48 Å². The number of hydrogen-bond donors (Lipinski definition) is 3. The number of amides is 1. The second kappa shape index (κ2) is 5.63. The molecule has 8 heteroatoms. The van der Waals surface area contributed by atoms with E-state index >= 15 is 0 Å². The lowest BCUT2D eigenvalue weighted by atomic mass is 10.0. The number of carbonyl (C=O) groups excluding carboxylic acids is 2. The van der Waals surface area contributed by atoms with Crippen LogP contribution < -0.4 is 5.48 Å². The van der Waals surface area contributed by atoms with Gasteiger partial charge in [0.1, 0.15) is 0 Å². The van der Waals surface area contributed by atoms with Crippen molar-refractivity contribution in [2.75, 3.05) is 0 Å². The quantitative estimate of drug-likeness (QED) is 0.671. The molecular formula is C11H9NO7. The van der Waals surface area contributed by atoms with E-state index in [1.807, 2.05) is 0 Å². The highest BCUT2D eigenvalue weighted by atomic mass is 16.7. The Hall–Kier alpha value is -2.90. The molecule has 0 radical (unpaired) electrons. The van der Waals surface area contributed by atoms with Crippen molar-refractivity contribution in [2.45, 2.75) is 6.92 Å². The number of carboxylic acids is 2. The Morgan fingerprint density at radius 3 is 2.16 bits per heavy atom. The predicted molar refractivity (Wildman–Crippen MR) is 59.6 cm³/mol. The van der Waals surface area contributed by atoms with Crippen molar-refractivity contribution >= 4 is 23.8 Å². The lowest BCUT2D eigenvalue weighted by molar-refractivity contribution is -0.146. The average Bonchev–Trinajstić information content (AvgIpc) is 2.34. The summed E-state index contributed by atoms with van der Waals surface area (Å²) in [4.78, 5) is 48.0. The van der Waals surface area contributed by atoms with Gasteiger partial charge in [0.2, 0.25) is 0 Å². The highest BCUT2D eigenvalue weighted by molar-refractivity contribution is 6.06. The largest absolute Gasteiger partial charge is 0.478 e. The Morgan fingerprint density at radius 1 is 1.05 bits per heavy atom.